The van der Waals surface area contributed by atoms with Crippen molar-refractivity contribution in [3.05, 3.63) is 35.9 Å². The maximum atomic E-state index is 11.8. The average Bonchev–Trinajstić information content (AvgIpc) is 2.45. The number of carbonyl (C=O) groups is 3. The van der Waals surface area contributed by atoms with Crippen LogP contribution >= 0.6 is 0 Å². The molecule has 0 aliphatic carbocycles. The smallest absolute Gasteiger partial charge is 0.330 e. The second-order valence-corrected chi connectivity index (χ2v) is 4.27. The maximum absolute atomic E-state index is 11.8. The predicted octanol–water partition coefficient (Wildman–Crippen LogP) is 1.06. The van der Waals surface area contributed by atoms with E-state index in [1.165, 1.54) is 6.92 Å². The Labute approximate surface area is 122 Å². The third kappa shape index (κ3) is 5.13. The van der Waals surface area contributed by atoms with Crippen molar-refractivity contribution in [2.24, 2.45) is 0 Å². The van der Waals surface area contributed by atoms with Crippen LogP contribution in [0.4, 0.5) is 4.79 Å². The van der Waals surface area contributed by atoms with E-state index in [1.807, 2.05) is 0 Å². The zero-order chi connectivity index (χ0) is 15.8. The van der Waals surface area contributed by atoms with E-state index in [2.05, 4.69) is 10.6 Å². The third-order valence-corrected chi connectivity index (χ3v) is 2.64. The highest BCUT2D eigenvalue weighted by Gasteiger charge is 2.24. The third-order valence-electron chi connectivity index (χ3n) is 2.64. The van der Waals surface area contributed by atoms with Gasteiger partial charge in [-0.1, -0.05) is 30.3 Å². The zero-order valence-corrected chi connectivity index (χ0v) is 11.8. The van der Waals surface area contributed by atoms with E-state index in [0.29, 0.717) is 5.56 Å². The monoisotopic (exact) mass is 294 g/mol. The number of amides is 2. The topological polar surface area (TPSA) is 105 Å². The molecular formula is C14H18N2O5. The number of hydrogen-bond acceptors (Lipinski definition) is 4. The number of carbonyl (C=O) groups excluding carboxylic acids is 2. The fraction of sp³-hybridized carbons (Fsp3) is 0.357. The number of urea groups is 1. The minimum atomic E-state index is -1.19. The molecule has 1 unspecified atom stereocenters. The van der Waals surface area contributed by atoms with Gasteiger partial charge in [0.1, 0.15) is 6.04 Å². The van der Waals surface area contributed by atoms with Crippen LogP contribution < -0.4 is 10.6 Å². The van der Waals surface area contributed by atoms with Gasteiger partial charge in [0.15, 0.2) is 6.04 Å². The second kappa shape index (κ2) is 7.88. The molecule has 21 heavy (non-hydrogen) atoms. The Morgan fingerprint density at radius 1 is 1.19 bits per heavy atom. The molecule has 0 fully saturated rings. The molecule has 0 bridgehead atoms. The minimum absolute atomic E-state index is 0.203. The fourth-order valence-corrected chi connectivity index (χ4v) is 1.63. The largest absolute Gasteiger partial charge is 0.479 e. The standard InChI is InChI=1S/C14H18N2O5/c1-3-21-13(19)9(2)15-14(20)16-11(12(17)18)10-7-5-4-6-8-10/h4-9,11H,3H2,1-2H3,(H,17,18)(H2,15,16,20)/t9?,11-/m1/s1. The van der Waals surface area contributed by atoms with Crippen molar-refractivity contribution in [2.75, 3.05) is 6.61 Å². The van der Waals surface area contributed by atoms with E-state index in [9.17, 15) is 14.4 Å². The lowest BCUT2D eigenvalue weighted by Gasteiger charge is -2.17. The molecule has 0 aromatic heterocycles. The van der Waals surface area contributed by atoms with Gasteiger partial charge in [0.2, 0.25) is 0 Å². The lowest BCUT2D eigenvalue weighted by Crippen LogP contribution is -2.47. The molecule has 7 nitrogen and oxygen atoms in total. The number of rotatable bonds is 6. The van der Waals surface area contributed by atoms with E-state index >= 15 is 0 Å². The van der Waals surface area contributed by atoms with E-state index in [4.69, 9.17) is 9.84 Å². The summed E-state index contributed by atoms with van der Waals surface area (Å²) >= 11 is 0. The highest BCUT2D eigenvalue weighted by atomic mass is 16.5. The van der Waals surface area contributed by atoms with E-state index in [1.54, 1.807) is 37.3 Å². The Morgan fingerprint density at radius 3 is 2.33 bits per heavy atom. The first-order valence-corrected chi connectivity index (χ1v) is 6.47. The van der Waals surface area contributed by atoms with Gasteiger partial charge in [0.25, 0.3) is 0 Å². The molecule has 0 aliphatic heterocycles. The molecule has 1 aromatic rings. The number of hydrogen-bond donors (Lipinski definition) is 3. The van der Waals surface area contributed by atoms with E-state index in [0.717, 1.165) is 0 Å². The number of aliphatic carboxylic acids is 1. The molecule has 114 valence electrons. The van der Waals surface area contributed by atoms with Crippen molar-refractivity contribution in [3.8, 4) is 0 Å². The van der Waals surface area contributed by atoms with Crippen LogP contribution in [-0.2, 0) is 14.3 Å². The molecule has 0 heterocycles. The molecule has 0 saturated heterocycles. The summed E-state index contributed by atoms with van der Waals surface area (Å²) in [6.45, 7) is 3.31. The van der Waals surface area contributed by atoms with Crippen molar-refractivity contribution >= 4 is 18.0 Å². The summed E-state index contributed by atoms with van der Waals surface area (Å²) in [5.41, 5.74) is 0.434. The van der Waals surface area contributed by atoms with Crippen molar-refractivity contribution in [1.82, 2.24) is 10.6 Å². The van der Waals surface area contributed by atoms with Crippen molar-refractivity contribution in [3.63, 3.8) is 0 Å². The van der Waals surface area contributed by atoms with Gasteiger partial charge >= 0.3 is 18.0 Å². The summed E-state index contributed by atoms with van der Waals surface area (Å²) in [6.07, 6.45) is 0. The zero-order valence-electron chi connectivity index (χ0n) is 11.8. The van der Waals surface area contributed by atoms with Crippen LogP contribution in [0.1, 0.15) is 25.5 Å². The second-order valence-electron chi connectivity index (χ2n) is 4.27. The van der Waals surface area contributed by atoms with Gasteiger partial charge in [-0.3, -0.25) is 0 Å². The summed E-state index contributed by atoms with van der Waals surface area (Å²) in [4.78, 5) is 34.4. The Balaban J connectivity index is 2.66. The maximum Gasteiger partial charge on any atom is 0.330 e. The summed E-state index contributed by atoms with van der Waals surface area (Å²) in [5, 5.41) is 13.8. The Kier molecular flexibility index (Phi) is 6.19. The number of carboxylic acid groups (broad SMARTS) is 1. The quantitative estimate of drug-likeness (QED) is 0.680. The molecule has 0 radical (unpaired) electrons. The first-order chi connectivity index (χ1) is 9.95. The lowest BCUT2D eigenvalue weighted by atomic mass is 10.1. The summed E-state index contributed by atoms with van der Waals surface area (Å²) < 4.78 is 4.74. The molecule has 2 amide bonds. The molecule has 0 aliphatic rings. The summed E-state index contributed by atoms with van der Waals surface area (Å²) in [5.74, 6) is -1.78. The van der Waals surface area contributed by atoms with Gasteiger partial charge in [0, 0.05) is 0 Å². The number of nitrogens with one attached hydrogen (secondary N) is 2. The average molecular weight is 294 g/mol. The van der Waals surface area contributed by atoms with Crippen LogP contribution in [0.3, 0.4) is 0 Å². The number of ether oxygens (including phenoxy) is 1. The minimum Gasteiger partial charge on any atom is -0.479 e. The molecule has 7 heteroatoms. The SMILES string of the molecule is CCOC(=O)C(C)NC(=O)N[C@@H](C(=O)O)c1ccccc1. The van der Waals surface area contributed by atoms with Crippen LogP contribution in [0, 0.1) is 0 Å². The van der Waals surface area contributed by atoms with Gasteiger partial charge in [-0.25, -0.2) is 14.4 Å². The van der Waals surface area contributed by atoms with Gasteiger partial charge in [-0.2, -0.15) is 0 Å². The Morgan fingerprint density at radius 2 is 1.81 bits per heavy atom. The molecular weight excluding hydrogens is 276 g/mol. The summed E-state index contributed by atoms with van der Waals surface area (Å²) in [6, 6.07) is 5.45. The normalized spacial score (nSPS) is 12.9. The highest BCUT2D eigenvalue weighted by Crippen LogP contribution is 2.12. The Hall–Kier alpha value is -2.57. The van der Waals surface area contributed by atoms with Crippen LogP contribution in [-0.4, -0.2) is 35.7 Å². The number of carboxylic acids is 1. The fourth-order valence-electron chi connectivity index (χ4n) is 1.63. The van der Waals surface area contributed by atoms with Crippen molar-refractivity contribution in [2.45, 2.75) is 25.9 Å². The number of esters is 1. The van der Waals surface area contributed by atoms with Crippen LogP contribution in [0.25, 0.3) is 0 Å². The van der Waals surface area contributed by atoms with Crippen molar-refractivity contribution < 1.29 is 24.2 Å². The molecule has 0 saturated carbocycles. The van der Waals surface area contributed by atoms with Crippen LogP contribution in [0.5, 0.6) is 0 Å². The van der Waals surface area contributed by atoms with E-state index in [-0.39, 0.29) is 6.61 Å². The van der Waals surface area contributed by atoms with Gasteiger partial charge < -0.3 is 20.5 Å². The first kappa shape index (κ1) is 16.5. The molecule has 1 aromatic carbocycles. The Bertz CT molecular complexity index is 503. The lowest BCUT2D eigenvalue weighted by molar-refractivity contribution is -0.144. The summed E-state index contributed by atoms with van der Waals surface area (Å²) in [7, 11) is 0. The number of benzene rings is 1. The molecule has 1 rings (SSSR count). The van der Waals surface area contributed by atoms with Gasteiger partial charge in [-0.05, 0) is 19.4 Å². The van der Waals surface area contributed by atoms with Crippen molar-refractivity contribution in [1.29, 1.82) is 0 Å². The van der Waals surface area contributed by atoms with Crippen LogP contribution in [0.2, 0.25) is 0 Å². The van der Waals surface area contributed by atoms with Gasteiger partial charge in [-0.15, -0.1) is 0 Å². The molecule has 2 atom stereocenters. The highest BCUT2D eigenvalue weighted by molar-refractivity contribution is 5.86. The van der Waals surface area contributed by atoms with Crippen LogP contribution in [0.15, 0.2) is 30.3 Å². The van der Waals surface area contributed by atoms with Gasteiger partial charge in [0.05, 0.1) is 6.61 Å². The van der Waals surface area contributed by atoms with E-state index < -0.39 is 30.1 Å². The predicted molar refractivity (Wildman–Crippen MR) is 74.6 cm³/mol. The first-order valence-electron chi connectivity index (χ1n) is 6.47. The molecule has 0 spiro atoms. The molecule has 3 N–H and O–H groups in total.